The molecule has 128 valence electrons. The van der Waals surface area contributed by atoms with Gasteiger partial charge in [-0.25, -0.2) is 19.0 Å². The fraction of sp³-hybridized carbons (Fsp3) is 0.200. The van der Waals surface area contributed by atoms with Gasteiger partial charge in [-0.2, -0.15) is 0 Å². The molecule has 0 atom stereocenters. The number of imidazole rings is 1. The topological polar surface area (TPSA) is 118 Å². The van der Waals surface area contributed by atoms with Crippen LogP contribution in [0.3, 0.4) is 0 Å². The van der Waals surface area contributed by atoms with Crippen LogP contribution in [0.2, 0.25) is 0 Å². The summed E-state index contributed by atoms with van der Waals surface area (Å²) in [4.78, 5) is 26.3. The van der Waals surface area contributed by atoms with Crippen LogP contribution in [0.1, 0.15) is 16.3 Å². The van der Waals surface area contributed by atoms with E-state index in [0.29, 0.717) is 5.82 Å². The molecular formula is C15H14N6O4. The normalized spacial score (nSPS) is 10.6. The van der Waals surface area contributed by atoms with Gasteiger partial charge in [0.1, 0.15) is 19.3 Å². The first-order chi connectivity index (χ1) is 12.1. The lowest BCUT2D eigenvalue weighted by atomic mass is 10.3. The fourth-order valence-electron chi connectivity index (χ4n) is 2.25. The van der Waals surface area contributed by atoms with Crippen molar-refractivity contribution in [3.63, 3.8) is 0 Å². The van der Waals surface area contributed by atoms with Crippen molar-refractivity contribution in [2.75, 3.05) is 6.61 Å². The first kappa shape index (κ1) is 16.3. The number of hydrogen-bond donors (Lipinski definition) is 0. The van der Waals surface area contributed by atoms with Crippen molar-refractivity contribution in [3.8, 4) is 5.69 Å². The maximum atomic E-state index is 12.0. The Kier molecular flexibility index (Phi) is 4.50. The Bertz CT molecular complexity index is 902. The fourth-order valence-corrected chi connectivity index (χ4v) is 2.25. The van der Waals surface area contributed by atoms with E-state index in [4.69, 9.17) is 4.74 Å². The average molecular weight is 342 g/mol. The van der Waals surface area contributed by atoms with E-state index in [9.17, 15) is 14.9 Å². The Hall–Kier alpha value is -3.56. The van der Waals surface area contributed by atoms with E-state index in [1.165, 1.54) is 21.6 Å². The van der Waals surface area contributed by atoms with Gasteiger partial charge < -0.3 is 14.9 Å². The molecule has 0 bridgehead atoms. The summed E-state index contributed by atoms with van der Waals surface area (Å²) in [7, 11) is 0. The highest BCUT2D eigenvalue weighted by Gasteiger charge is 2.18. The molecule has 0 amide bonds. The maximum absolute atomic E-state index is 12.0. The molecular weight excluding hydrogens is 328 g/mol. The molecule has 10 nitrogen and oxygen atoms in total. The third kappa shape index (κ3) is 3.52. The van der Waals surface area contributed by atoms with Crippen LogP contribution >= 0.6 is 0 Å². The van der Waals surface area contributed by atoms with Crippen molar-refractivity contribution < 1.29 is 14.5 Å². The number of aromatic nitrogens is 5. The molecule has 0 radical (unpaired) electrons. The van der Waals surface area contributed by atoms with Gasteiger partial charge in [0.15, 0.2) is 11.5 Å². The van der Waals surface area contributed by atoms with Crippen molar-refractivity contribution in [3.05, 3.63) is 64.4 Å². The Morgan fingerprint density at radius 2 is 2.08 bits per heavy atom. The van der Waals surface area contributed by atoms with Crippen LogP contribution in [0.4, 0.5) is 5.82 Å². The molecule has 0 spiro atoms. The molecule has 0 unspecified atom stereocenters. The van der Waals surface area contributed by atoms with Crippen LogP contribution in [0, 0.1) is 17.0 Å². The highest BCUT2D eigenvalue weighted by Crippen LogP contribution is 2.13. The van der Waals surface area contributed by atoms with Gasteiger partial charge in [0, 0.05) is 6.92 Å². The lowest BCUT2D eigenvalue weighted by Crippen LogP contribution is -2.14. The molecule has 0 aliphatic heterocycles. The number of rotatable bonds is 6. The molecule has 10 heteroatoms. The molecule has 0 N–H and O–H groups in total. The Morgan fingerprint density at radius 3 is 2.80 bits per heavy atom. The zero-order valence-electron chi connectivity index (χ0n) is 13.3. The number of aryl methyl sites for hydroxylation is 1. The van der Waals surface area contributed by atoms with E-state index in [1.807, 2.05) is 30.3 Å². The van der Waals surface area contributed by atoms with Gasteiger partial charge in [0.05, 0.1) is 11.9 Å². The quantitative estimate of drug-likeness (QED) is 0.379. The van der Waals surface area contributed by atoms with Crippen LogP contribution in [0.5, 0.6) is 0 Å². The number of carbonyl (C=O) groups excluding carboxylic acids is 1. The summed E-state index contributed by atoms with van der Waals surface area (Å²) < 4.78 is 7.94. The van der Waals surface area contributed by atoms with E-state index in [-0.39, 0.29) is 24.7 Å². The summed E-state index contributed by atoms with van der Waals surface area (Å²) in [6.45, 7) is 1.72. The molecule has 0 aliphatic carbocycles. The van der Waals surface area contributed by atoms with Gasteiger partial charge in [-0.1, -0.05) is 23.4 Å². The number of ether oxygens (including phenoxy) is 1. The highest BCUT2D eigenvalue weighted by atomic mass is 16.6. The molecule has 25 heavy (non-hydrogen) atoms. The molecule has 2 aromatic heterocycles. The first-order valence-corrected chi connectivity index (χ1v) is 7.37. The van der Waals surface area contributed by atoms with Gasteiger partial charge in [-0.05, 0) is 17.1 Å². The van der Waals surface area contributed by atoms with Crippen molar-refractivity contribution in [1.82, 2.24) is 24.5 Å². The number of esters is 1. The van der Waals surface area contributed by atoms with Crippen molar-refractivity contribution >= 4 is 11.8 Å². The molecule has 3 rings (SSSR count). The van der Waals surface area contributed by atoms with Crippen LogP contribution in [0.15, 0.2) is 42.7 Å². The number of carbonyl (C=O) groups is 1. The third-order valence-electron chi connectivity index (χ3n) is 3.49. The van der Waals surface area contributed by atoms with E-state index in [0.717, 1.165) is 5.69 Å². The van der Waals surface area contributed by atoms with Gasteiger partial charge in [0.2, 0.25) is 0 Å². The summed E-state index contributed by atoms with van der Waals surface area (Å²) in [6.07, 6.45) is 2.63. The summed E-state index contributed by atoms with van der Waals surface area (Å²) in [6, 6.07) is 9.20. The van der Waals surface area contributed by atoms with E-state index < -0.39 is 10.9 Å². The Balaban J connectivity index is 1.61. The van der Waals surface area contributed by atoms with E-state index in [2.05, 4.69) is 15.3 Å². The minimum absolute atomic E-state index is 0.0466. The minimum atomic E-state index is -0.650. The summed E-state index contributed by atoms with van der Waals surface area (Å²) >= 11 is 0. The molecule has 0 fully saturated rings. The standard InChI is InChI=1S/C15H14N6O4/c1-11-16-9-14(21(23)24)19(11)7-8-25-15(22)13-10-20(18-17-13)12-5-3-2-4-6-12/h2-6,9-10H,7-8H2,1H3. The zero-order valence-corrected chi connectivity index (χ0v) is 13.3. The minimum Gasteiger partial charge on any atom is -0.457 e. The lowest BCUT2D eigenvalue weighted by molar-refractivity contribution is -0.392. The van der Waals surface area contributed by atoms with Crippen molar-refractivity contribution in [2.24, 2.45) is 0 Å². The Morgan fingerprint density at radius 1 is 1.32 bits per heavy atom. The monoisotopic (exact) mass is 342 g/mol. The molecule has 1 aromatic carbocycles. The van der Waals surface area contributed by atoms with Gasteiger partial charge >= 0.3 is 11.8 Å². The largest absolute Gasteiger partial charge is 0.457 e. The highest BCUT2D eigenvalue weighted by molar-refractivity contribution is 5.86. The summed E-state index contributed by atoms with van der Waals surface area (Å²) in [5.41, 5.74) is 0.819. The molecule has 0 saturated carbocycles. The second-order valence-corrected chi connectivity index (χ2v) is 5.09. The third-order valence-corrected chi connectivity index (χ3v) is 3.49. The predicted molar refractivity (Wildman–Crippen MR) is 85.3 cm³/mol. The number of hydrogen-bond acceptors (Lipinski definition) is 7. The molecule has 3 aromatic rings. The van der Waals surface area contributed by atoms with Crippen molar-refractivity contribution in [2.45, 2.75) is 13.5 Å². The zero-order chi connectivity index (χ0) is 17.8. The lowest BCUT2D eigenvalue weighted by Gasteiger charge is -2.03. The number of benzene rings is 1. The number of para-hydroxylation sites is 1. The van der Waals surface area contributed by atoms with Crippen LogP contribution in [0.25, 0.3) is 5.69 Å². The predicted octanol–water partition coefficient (Wildman–Crippen LogP) is 1.54. The van der Waals surface area contributed by atoms with Crippen molar-refractivity contribution in [1.29, 1.82) is 0 Å². The maximum Gasteiger partial charge on any atom is 0.360 e. The SMILES string of the molecule is Cc1ncc([N+](=O)[O-])n1CCOC(=O)c1cn(-c2ccccc2)nn1. The van der Waals surface area contributed by atoms with E-state index >= 15 is 0 Å². The van der Waals surface area contributed by atoms with Crippen LogP contribution in [-0.4, -0.2) is 42.0 Å². The average Bonchev–Trinajstić information content (AvgIpc) is 3.23. The molecule has 0 aliphatic rings. The van der Waals surface area contributed by atoms with Gasteiger partial charge in [0.25, 0.3) is 0 Å². The second-order valence-electron chi connectivity index (χ2n) is 5.09. The van der Waals surface area contributed by atoms with E-state index in [1.54, 1.807) is 6.92 Å². The summed E-state index contributed by atoms with van der Waals surface area (Å²) in [5, 5.41) is 18.6. The molecule has 2 heterocycles. The van der Waals surface area contributed by atoms with Crippen LogP contribution in [-0.2, 0) is 11.3 Å². The van der Waals surface area contributed by atoms with Crippen LogP contribution < -0.4 is 0 Å². The van der Waals surface area contributed by atoms with Gasteiger partial charge in [-0.3, -0.25) is 0 Å². The van der Waals surface area contributed by atoms with Gasteiger partial charge in [-0.15, -0.1) is 5.10 Å². The number of nitro groups is 1. The molecule has 0 saturated heterocycles. The Labute approximate surface area is 141 Å². The second kappa shape index (κ2) is 6.91. The smallest absolute Gasteiger partial charge is 0.360 e. The summed E-state index contributed by atoms with van der Waals surface area (Å²) in [5.74, 6) is -0.330. The first-order valence-electron chi connectivity index (χ1n) is 7.37. The number of nitrogens with zero attached hydrogens (tertiary/aromatic N) is 6.